The molecule has 0 fully saturated rings. The van der Waals surface area contributed by atoms with Gasteiger partial charge in [-0.1, -0.05) is 90.9 Å². The van der Waals surface area contributed by atoms with E-state index in [1.165, 1.54) is 89.9 Å². The van der Waals surface area contributed by atoms with Gasteiger partial charge in [0.15, 0.2) is 12.5 Å². The molecule has 1 aromatic carbocycles. The van der Waals surface area contributed by atoms with Crippen LogP contribution in [0.2, 0.25) is 0 Å². The molecule has 2 unspecified atom stereocenters. The second-order valence-corrected chi connectivity index (χ2v) is 11.7. The van der Waals surface area contributed by atoms with E-state index in [1.807, 2.05) is 0 Å². The molecule has 0 radical (unpaired) electrons. The largest absolute Gasteiger partial charge is 0.475 e. The average Bonchev–Trinajstić information content (AvgIpc) is 2.96. The first-order valence-corrected chi connectivity index (χ1v) is 16.6. The highest BCUT2D eigenvalue weighted by Gasteiger charge is 2.19. The minimum atomic E-state index is 0.0754. The molecule has 5 heteroatoms. The predicted octanol–water partition coefficient (Wildman–Crippen LogP) is 9.05. The molecule has 0 spiro atoms. The molecule has 5 nitrogen and oxygen atoms in total. The molecule has 226 valence electrons. The zero-order chi connectivity index (χ0) is 28.0. The SMILES string of the molecule is CCCCCCCCCN(C)C1CCCOCCCC(N(C)CCCCCCCCC)Oc2ccc(cc2)O1. The van der Waals surface area contributed by atoms with Crippen LogP contribution in [0, 0.1) is 0 Å². The fourth-order valence-corrected chi connectivity index (χ4v) is 5.40. The summed E-state index contributed by atoms with van der Waals surface area (Å²) in [6.07, 6.45) is 22.8. The number of hydrogen-bond acceptors (Lipinski definition) is 5. The van der Waals surface area contributed by atoms with Crippen molar-refractivity contribution in [2.45, 2.75) is 142 Å². The zero-order valence-electron chi connectivity index (χ0n) is 26.1. The van der Waals surface area contributed by atoms with Crippen molar-refractivity contribution in [1.29, 1.82) is 0 Å². The molecular weight excluding hydrogens is 484 g/mol. The van der Waals surface area contributed by atoms with Gasteiger partial charge >= 0.3 is 0 Å². The molecule has 3 rings (SSSR count). The molecule has 2 heterocycles. The lowest BCUT2D eigenvalue weighted by Crippen LogP contribution is -2.37. The van der Waals surface area contributed by atoms with E-state index in [4.69, 9.17) is 14.2 Å². The monoisotopic (exact) mass is 546 g/mol. The van der Waals surface area contributed by atoms with Gasteiger partial charge in [0.1, 0.15) is 11.5 Å². The number of fused-ring (bicyclic) bond motifs is 12. The van der Waals surface area contributed by atoms with Crippen LogP contribution in [0.5, 0.6) is 11.5 Å². The van der Waals surface area contributed by atoms with Gasteiger partial charge < -0.3 is 14.2 Å². The van der Waals surface area contributed by atoms with Gasteiger partial charge in [-0.15, -0.1) is 0 Å². The average molecular weight is 547 g/mol. The minimum absolute atomic E-state index is 0.0754. The molecule has 1 aromatic rings. The summed E-state index contributed by atoms with van der Waals surface area (Å²) >= 11 is 0. The molecule has 2 atom stereocenters. The van der Waals surface area contributed by atoms with Gasteiger partial charge in [-0.05, 0) is 64.0 Å². The Balaban J connectivity index is 1.86. The van der Waals surface area contributed by atoms with Crippen molar-refractivity contribution in [3.8, 4) is 11.5 Å². The Kier molecular flexibility index (Phi) is 19.5. The minimum Gasteiger partial charge on any atom is -0.475 e. The van der Waals surface area contributed by atoms with E-state index in [-0.39, 0.29) is 12.5 Å². The quantitative estimate of drug-likeness (QED) is 0.172. The van der Waals surface area contributed by atoms with Gasteiger partial charge in [0.2, 0.25) is 0 Å². The van der Waals surface area contributed by atoms with E-state index in [0.717, 1.165) is 63.5 Å². The summed E-state index contributed by atoms with van der Waals surface area (Å²) in [4.78, 5) is 4.78. The van der Waals surface area contributed by atoms with E-state index in [9.17, 15) is 0 Å². The third-order valence-corrected chi connectivity index (χ3v) is 8.06. The van der Waals surface area contributed by atoms with Crippen molar-refractivity contribution in [3.63, 3.8) is 0 Å². The summed E-state index contributed by atoms with van der Waals surface area (Å²) in [6.45, 7) is 8.30. The second-order valence-electron chi connectivity index (χ2n) is 11.7. The van der Waals surface area contributed by atoms with Crippen molar-refractivity contribution in [3.05, 3.63) is 24.3 Å². The van der Waals surface area contributed by atoms with Crippen LogP contribution in [-0.4, -0.2) is 62.7 Å². The van der Waals surface area contributed by atoms with Crippen LogP contribution in [0.1, 0.15) is 129 Å². The van der Waals surface area contributed by atoms with Gasteiger partial charge in [0.05, 0.1) is 0 Å². The standard InChI is InChI=1S/C34H62N2O3/c1-5-7-9-11-13-15-17-27-35(3)33-21-19-29-37-30-20-22-34(39-32-25-23-31(38-33)24-26-32)36(4)28-18-16-14-12-10-8-6-2/h23-26,33-34H,5-22,27-30H2,1-4H3. The highest BCUT2D eigenvalue weighted by atomic mass is 16.5. The topological polar surface area (TPSA) is 34.2 Å². The Hall–Kier alpha value is -1.30. The fraction of sp³-hybridized carbons (Fsp3) is 0.824. The lowest BCUT2D eigenvalue weighted by atomic mass is 10.1. The summed E-state index contributed by atoms with van der Waals surface area (Å²) in [7, 11) is 4.42. The van der Waals surface area contributed by atoms with E-state index in [1.54, 1.807) is 0 Å². The van der Waals surface area contributed by atoms with Gasteiger partial charge in [-0.2, -0.15) is 0 Å². The van der Waals surface area contributed by atoms with E-state index in [0.29, 0.717) is 0 Å². The molecule has 39 heavy (non-hydrogen) atoms. The van der Waals surface area contributed by atoms with Gasteiger partial charge in [-0.3, -0.25) is 9.80 Å². The summed E-state index contributed by atoms with van der Waals surface area (Å²) < 4.78 is 19.0. The van der Waals surface area contributed by atoms with Crippen LogP contribution in [0.3, 0.4) is 0 Å². The molecule has 0 amide bonds. The highest BCUT2D eigenvalue weighted by Crippen LogP contribution is 2.24. The lowest BCUT2D eigenvalue weighted by Gasteiger charge is -2.29. The Morgan fingerprint density at radius 3 is 1.31 bits per heavy atom. The molecule has 2 bridgehead atoms. The highest BCUT2D eigenvalue weighted by molar-refractivity contribution is 5.31. The normalized spacial score (nSPS) is 19.0. The fourth-order valence-electron chi connectivity index (χ4n) is 5.40. The van der Waals surface area contributed by atoms with Crippen LogP contribution in [0.15, 0.2) is 24.3 Å². The maximum atomic E-state index is 6.49. The van der Waals surface area contributed by atoms with Crippen molar-refractivity contribution in [2.24, 2.45) is 0 Å². The summed E-state index contributed by atoms with van der Waals surface area (Å²) in [5.74, 6) is 1.84. The first-order chi connectivity index (χ1) is 19.1. The van der Waals surface area contributed by atoms with Crippen LogP contribution in [0.25, 0.3) is 0 Å². The molecule has 0 saturated heterocycles. The van der Waals surface area contributed by atoms with Crippen molar-refractivity contribution >= 4 is 0 Å². The van der Waals surface area contributed by atoms with E-state index >= 15 is 0 Å². The Morgan fingerprint density at radius 1 is 0.564 bits per heavy atom. The Morgan fingerprint density at radius 2 is 0.923 bits per heavy atom. The number of benzene rings is 1. The lowest BCUT2D eigenvalue weighted by molar-refractivity contribution is 0.0199. The van der Waals surface area contributed by atoms with Crippen LogP contribution in [0.4, 0.5) is 0 Å². The molecule has 0 saturated carbocycles. The maximum absolute atomic E-state index is 6.49. The smallest absolute Gasteiger partial charge is 0.152 e. The van der Waals surface area contributed by atoms with Crippen LogP contribution >= 0.6 is 0 Å². The number of unbranched alkanes of at least 4 members (excludes halogenated alkanes) is 12. The Bertz CT molecular complexity index is 627. The van der Waals surface area contributed by atoms with Crippen molar-refractivity contribution < 1.29 is 14.2 Å². The Labute approximate surface area is 242 Å². The number of ether oxygens (including phenoxy) is 3. The molecule has 0 aliphatic carbocycles. The summed E-state index contributed by atoms with van der Waals surface area (Å²) in [5.41, 5.74) is 0. The van der Waals surface area contributed by atoms with Crippen LogP contribution < -0.4 is 9.47 Å². The van der Waals surface area contributed by atoms with Crippen LogP contribution in [-0.2, 0) is 4.74 Å². The first kappa shape index (κ1) is 33.9. The summed E-state index contributed by atoms with van der Waals surface area (Å²) in [6, 6.07) is 8.31. The third-order valence-electron chi connectivity index (χ3n) is 8.06. The number of nitrogens with zero attached hydrogens (tertiary/aromatic N) is 2. The van der Waals surface area contributed by atoms with E-state index < -0.39 is 0 Å². The van der Waals surface area contributed by atoms with Gasteiger partial charge in [0.25, 0.3) is 0 Å². The zero-order valence-corrected chi connectivity index (χ0v) is 26.1. The second kappa shape index (κ2) is 22.4. The van der Waals surface area contributed by atoms with E-state index in [2.05, 4.69) is 62.0 Å². The predicted molar refractivity (Wildman–Crippen MR) is 166 cm³/mol. The van der Waals surface area contributed by atoms with Gasteiger partial charge in [0, 0.05) is 39.1 Å². The third kappa shape index (κ3) is 15.9. The maximum Gasteiger partial charge on any atom is 0.152 e. The molecule has 2 aliphatic rings. The number of hydrogen-bond donors (Lipinski definition) is 0. The molecule has 0 N–H and O–H groups in total. The first-order valence-electron chi connectivity index (χ1n) is 16.6. The molecular formula is C34H62N2O3. The molecule has 0 aromatic heterocycles. The molecule has 2 aliphatic heterocycles. The van der Waals surface area contributed by atoms with Crippen molar-refractivity contribution in [2.75, 3.05) is 40.4 Å². The van der Waals surface area contributed by atoms with Crippen molar-refractivity contribution in [1.82, 2.24) is 9.80 Å². The van der Waals surface area contributed by atoms with Gasteiger partial charge in [-0.25, -0.2) is 0 Å². The summed E-state index contributed by atoms with van der Waals surface area (Å²) in [5, 5.41) is 0. The number of rotatable bonds is 18.